The number of nitrogens with zero attached hydrogens (tertiary/aromatic N) is 1. The normalized spacial score (nSPS) is 10.1. The van der Waals surface area contributed by atoms with E-state index in [-0.39, 0.29) is 14.1 Å². The summed E-state index contributed by atoms with van der Waals surface area (Å²) in [6.07, 6.45) is 0. The van der Waals surface area contributed by atoms with Crippen LogP contribution in [0.3, 0.4) is 0 Å². The highest BCUT2D eigenvalue weighted by Crippen LogP contribution is 1.90. The van der Waals surface area contributed by atoms with E-state index in [1.54, 1.807) is 0 Å². The summed E-state index contributed by atoms with van der Waals surface area (Å²) in [5.74, 6) is 4.78. The Balaban J connectivity index is 2.93. The van der Waals surface area contributed by atoms with Gasteiger partial charge in [0.05, 0.1) is 0 Å². The topological polar surface area (TPSA) is 3.24 Å². The van der Waals surface area contributed by atoms with Gasteiger partial charge in [-0.15, -0.1) is 11.6 Å². The minimum atomic E-state index is -0.268. The quantitative estimate of drug-likeness (QED) is 0.519. The minimum Gasteiger partial charge on any atom is -0.311 e. The van der Waals surface area contributed by atoms with Gasteiger partial charge in [-0.25, -0.2) is 0 Å². The molecule has 0 radical (unpaired) electrons. The summed E-state index contributed by atoms with van der Waals surface area (Å²) in [6, 6.07) is 0. The molecule has 0 N–H and O–H groups in total. The molecule has 0 atom stereocenters. The molecule has 0 aliphatic carbocycles. The predicted octanol–water partition coefficient (Wildman–Crippen LogP) is 1.30. The van der Waals surface area contributed by atoms with Gasteiger partial charge in [-0.1, -0.05) is 5.28 Å². The van der Waals surface area contributed by atoms with Crippen molar-refractivity contribution >= 4 is 14.1 Å². The highest BCUT2D eigenvalue weighted by Gasteiger charge is 2.00. The van der Waals surface area contributed by atoms with E-state index in [0.29, 0.717) is 0 Å². The molecule has 0 aromatic heterocycles. The van der Waals surface area contributed by atoms with Crippen LogP contribution in [-0.2, 0) is 0 Å². The SMILES string of the molecule is CN(C)C[CH2][Al]([CH3])[CH3]. The Kier molecular flexibility index (Phi) is 4.65. The lowest BCUT2D eigenvalue weighted by atomic mass is 10.7. The van der Waals surface area contributed by atoms with Crippen molar-refractivity contribution in [2.75, 3.05) is 20.6 Å². The Labute approximate surface area is 57.1 Å². The second kappa shape index (κ2) is 4.38. The Morgan fingerprint density at radius 2 is 1.75 bits per heavy atom. The molecule has 48 valence electrons. The van der Waals surface area contributed by atoms with Crippen molar-refractivity contribution in [2.45, 2.75) is 16.9 Å². The van der Waals surface area contributed by atoms with E-state index in [2.05, 4.69) is 30.6 Å². The molecule has 0 spiro atoms. The van der Waals surface area contributed by atoms with Gasteiger partial charge in [0.1, 0.15) is 0 Å². The van der Waals surface area contributed by atoms with Gasteiger partial charge in [-0.2, -0.15) is 0 Å². The van der Waals surface area contributed by atoms with Crippen LogP contribution in [-0.4, -0.2) is 39.7 Å². The maximum Gasteiger partial charge on any atom is 0.256 e. The van der Waals surface area contributed by atoms with Crippen molar-refractivity contribution in [3.05, 3.63) is 0 Å². The van der Waals surface area contributed by atoms with Gasteiger partial charge < -0.3 is 4.90 Å². The molecule has 0 saturated carbocycles. The third kappa shape index (κ3) is 6.49. The Morgan fingerprint density at radius 3 is 1.88 bits per heavy atom. The molecular weight excluding hydrogens is 113 g/mol. The molecule has 1 nitrogen and oxygen atoms in total. The van der Waals surface area contributed by atoms with E-state index in [0.717, 1.165) is 0 Å². The van der Waals surface area contributed by atoms with Crippen molar-refractivity contribution < 1.29 is 0 Å². The molecule has 0 aromatic carbocycles. The van der Waals surface area contributed by atoms with Crippen LogP contribution >= 0.6 is 0 Å². The second-order valence-corrected chi connectivity index (χ2v) is 6.35. The van der Waals surface area contributed by atoms with Gasteiger partial charge in [-0.3, -0.25) is 0 Å². The highest BCUT2D eigenvalue weighted by molar-refractivity contribution is 6.55. The van der Waals surface area contributed by atoms with Crippen LogP contribution < -0.4 is 0 Å². The maximum absolute atomic E-state index is 2.39. The lowest BCUT2D eigenvalue weighted by molar-refractivity contribution is 0.432. The molecule has 0 aromatic rings. The van der Waals surface area contributed by atoms with Crippen LogP contribution in [0.25, 0.3) is 0 Å². The monoisotopic (exact) mass is 129 g/mol. The van der Waals surface area contributed by atoms with Gasteiger partial charge in [0.15, 0.2) is 0 Å². The largest absolute Gasteiger partial charge is 0.311 e. The zero-order valence-electron chi connectivity index (χ0n) is 6.44. The molecule has 0 fully saturated rings. The molecule has 0 aliphatic rings. The van der Waals surface area contributed by atoms with Crippen LogP contribution in [0.4, 0.5) is 0 Å². The van der Waals surface area contributed by atoms with Gasteiger partial charge in [0.2, 0.25) is 0 Å². The van der Waals surface area contributed by atoms with E-state index in [9.17, 15) is 0 Å². The smallest absolute Gasteiger partial charge is 0.256 e. The fourth-order valence-electron chi connectivity index (χ4n) is 0.516. The molecule has 2 heteroatoms. The van der Waals surface area contributed by atoms with Gasteiger partial charge in [0.25, 0.3) is 14.1 Å². The molecule has 0 saturated heterocycles. The lowest BCUT2D eigenvalue weighted by Crippen LogP contribution is -2.17. The summed E-state index contributed by atoms with van der Waals surface area (Å²) < 4.78 is 0. The first kappa shape index (κ1) is 8.49. The minimum absolute atomic E-state index is 0.268. The van der Waals surface area contributed by atoms with Crippen molar-refractivity contribution in [1.82, 2.24) is 4.90 Å². The zero-order valence-corrected chi connectivity index (χ0v) is 7.59. The second-order valence-electron chi connectivity index (χ2n) is 2.99. The van der Waals surface area contributed by atoms with Crippen LogP contribution in [0, 0.1) is 0 Å². The molecular formula is C6H16AlN. The first-order valence-corrected chi connectivity index (χ1v) is 6.40. The van der Waals surface area contributed by atoms with E-state index >= 15 is 0 Å². The van der Waals surface area contributed by atoms with Crippen molar-refractivity contribution in [1.29, 1.82) is 0 Å². The first-order valence-electron chi connectivity index (χ1n) is 3.27. The van der Waals surface area contributed by atoms with E-state index in [4.69, 9.17) is 0 Å². The zero-order chi connectivity index (χ0) is 6.57. The van der Waals surface area contributed by atoms with Gasteiger partial charge in [-0.05, 0) is 20.6 Å². The van der Waals surface area contributed by atoms with E-state index in [1.165, 1.54) is 11.8 Å². The fraction of sp³-hybridized carbons (Fsp3) is 1.00. The van der Waals surface area contributed by atoms with Crippen molar-refractivity contribution in [3.63, 3.8) is 0 Å². The van der Waals surface area contributed by atoms with Crippen molar-refractivity contribution in [3.8, 4) is 0 Å². The average molecular weight is 129 g/mol. The Hall–Kier alpha value is 0.492. The van der Waals surface area contributed by atoms with Crippen LogP contribution in [0.5, 0.6) is 0 Å². The van der Waals surface area contributed by atoms with Crippen LogP contribution in [0.15, 0.2) is 0 Å². The summed E-state index contributed by atoms with van der Waals surface area (Å²) in [4.78, 5) is 2.26. The van der Waals surface area contributed by atoms with Gasteiger partial charge in [0, 0.05) is 0 Å². The maximum atomic E-state index is 2.39. The highest BCUT2D eigenvalue weighted by atomic mass is 27.2. The lowest BCUT2D eigenvalue weighted by Gasteiger charge is -2.08. The molecule has 0 amide bonds. The number of rotatable bonds is 3. The predicted molar refractivity (Wildman–Crippen MR) is 40.8 cm³/mol. The van der Waals surface area contributed by atoms with Crippen molar-refractivity contribution in [2.24, 2.45) is 0 Å². The third-order valence-corrected chi connectivity index (χ3v) is 2.57. The average Bonchev–Trinajstić information content (AvgIpc) is 1.61. The Bertz CT molecular complexity index is 44.5. The number of hydrogen-bond donors (Lipinski definition) is 0. The molecule has 0 heterocycles. The summed E-state index contributed by atoms with van der Waals surface area (Å²) >= 11 is -0.268. The van der Waals surface area contributed by atoms with Crippen LogP contribution in [0.2, 0.25) is 16.9 Å². The molecule has 8 heavy (non-hydrogen) atoms. The Morgan fingerprint density at radius 1 is 1.25 bits per heavy atom. The molecule has 0 rings (SSSR count). The summed E-state index contributed by atoms with van der Waals surface area (Å²) in [5.41, 5.74) is 0. The summed E-state index contributed by atoms with van der Waals surface area (Å²) in [5, 5.41) is 1.45. The number of hydrogen-bond acceptors (Lipinski definition) is 1. The van der Waals surface area contributed by atoms with Crippen LogP contribution in [0.1, 0.15) is 0 Å². The standard InChI is InChI=1S/C4H10N.2CH3.Al/c1-4-5(2)3;;;/h1,4H2,2-3H3;2*1H3;. The summed E-state index contributed by atoms with van der Waals surface area (Å²) in [6.45, 7) is 1.28. The third-order valence-electron chi connectivity index (χ3n) is 1.15. The summed E-state index contributed by atoms with van der Waals surface area (Å²) in [7, 11) is 4.27. The van der Waals surface area contributed by atoms with E-state index in [1.807, 2.05) is 0 Å². The fourth-order valence-corrected chi connectivity index (χ4v) is 1.55. The van der Waals surface area contributed by atoms with Gasteiger partial charge >= 0.3 is 0 Å². The molecule has 0 bridgehead atoms. The molecule has 0 unspecified atom stereocenters. The first-order chi connectivity index (χ1) is 3.63. The molecule has 0 aliphatic heterocycles. The van der Waals surface area contributed by atoms with E-state index < -0.39 is 0 Å².